The minimum atomic E-state index is -0.208. The molecule has 0 unspecified atom stereocenters. The van der Waals surface area contributed by atoms with E-state index in [1.807, 2.05) is 26.0 Å². The molecule has 0 saturated carbocycles. The smallest absolute Gasteiger partial charge is 0.251 e. The van der Waals surface area contributed by atoms with Crippen LogP contribution >= 0.6 is 0 Å². The third-order valence-corrected chi connectivity index (χ3v) is 2.12. The standard InChI is InChI=1S/C11H13NO2/c1-8-3-4-10(7-9(8)2)11(14)12-5-6-13/h3-4,6-7H,5H2,1-2H3,(H,12,14). The van der Waals surface area contributed by atoms with Gasteiger partial charge in [0.2, 0.25) is 0 Å². The summed E-state index contributed by atoms with van der Waals surface area (Å²) in [5, 5.41) is 2.49. The Kier molecular flexibility index (Phi) is 3.40. The summed E-state index contributed by atoms with van der Waals surface area (Å²) >= 11 is 0. The molecule has 0 bridgehead atoms. The van der Waals surface area contributed by atoms with Crippen molar-refractivity contribution >= 4 is 12.2 Å². The molecule has 0 aliphatic rings. The van der Waals surface area contributed by atoms with Crippen LogP contribution in [0, 0.1) is 13.8 Å². The zero-order valence-corrected chi connectivity index (χ0v) is 8.33. The van der Waals surface area contributed by atoms with Crippen LogP contribution in [-0.2, 0) is 4.79 Å². The minimum absolute atomic E-state index is 0.0613. The summed E-state index contributed by atoms with van der Waals surface area (Å²) < 4.78 is 0. The Morgan fingerprint density at radius 2 is 2.07 bits per heavy atom. The van der Waals surface area contributed by atoms with E-state index in [2.05, 4.69) is 5.32 Å². The van der Waals surface area contributed by atoms with Gasteiger partial charge in [-0.25, -0.2) is 0 Å². The first-order valence-electron chi connectivity index (χ1n) is 4.44. The maximum Gasteiger partial charge on any atom is 0.251 e. The Hall–Kier alpha value is -1.64. The summed E-state index contributed by atoms with van der Waals surface area (Å²) in [4.78, 5) is 21.4. The summed E-state index contributed by atoms with van der Waals surface area (Å²) in [5.74, 6) is -0.208. The van der Waals surface area contributed by atoms with Crippen molar-refractivity contribution in [3.63, 3.8) is 0 Å². The summed E-state index contributed by atoms with van der Waals surface area (Å²) in [5.41, 5.74) is 2.82. The van der Waals surface area contributed by atoms with Crippen molar-refractivity contribution in [2.45, 2.75) is 13.8 Å². The first-order valence-corrected chi connectivity index (χ1v) is 4.44. The fourth-order valence-electron chi connectivity index (χ4n) is 1.12. The van der Waals surface area contributed by atoms with E-state index in [1.165, 1.54) is 0 Å². The lowest BCUT2D eigenvalue weighted by atomic mass is 10.1. The third-order valence-electron chi connectivity index (χ3n) is 2.12. The molecule has 74 valence electrons. The molecule has 0 heterocycles. The van der Waals surface area contributed by atoms with Crippen LogP contribution in [0.25, 0.3) is 0 Å². The lowest BCUT2D eigenvalue weighted by Gasteiger charge is -2.04. The van der Waals surface area contributed by atoms with E-state index in [1.54, 1.807) is 6.07 Å². The normalized spacial score (nSPS) is 9.57. The van der Waals surface area contributed by atoms with Crippen LogP contribution in [0.3, 0.4) is 0 Å². The second-order valence-corrected chi connectivity index (χ2v) is 3.18. The van der Waals surface area contributed by atoms with Crippen molar-refractivity contribution in [1.29, 1.82) is 0 Å². The summed E-state index contributed by atoms with van der Waals surface area (Å²) in [6.07, 6.45) is 0.666. The number of hydrogen-bond acceptors (Lipinski definition) is 2. The maximum absolute atomic E-state index is 11.4. The van der Waals surface area contributed by atoms with Gasteiger partial charge < -0.3 is 10.1 Å². The van der Waals surface area contributed by atoms with Crippen LogP contribution in [0.15, 0.2) is 18.2 Å². The minimum Gasteiger partial charge on any atom is -0.345 e. The van der Waals surface area contributed by atoms with Crippen molar-refractivity contribution in [2.75, 3.05) is 6.54 Å². The van der Waals surface area contributed by atoms with Gasteiger partial charge >= 0.3 is 0 Å². The van der Waals surface area contributed by atoms with Crippen LogP contribution in [0.4, 0.5) is 0 Å². The zero-order valence-electron chi connectivity index (χ0n) is 8.33. The van der Waals surface area contributed by atoms with E-state index in [9.17, 15) is 9.59 Å². The Bertz CT molecular complexity index is 358. The van der Waals surface area contributed by atoms with E-state index in [-0.39, 0.29) is 12.5 Å². The molecule has 3 heteroatoms. The number of carbonyl (C=O) groups is 2. The highest BCUT2D eigenvalue weighted by atomic mass is 16.2. The highest BCUT2D eigenvalue weighted by molar-refractivity contribution is 5.95. The molecule has 0 spiro atoms. The topological polar surface area (TPSA) is 46.2 Å². The Morgan fingerprint density at radius 1 is 1.36 bits per heavy atom. The molecule has 1 amide bonds. The number of hydrogen-bond donors (Lipinski definition) is 1. The predicted octanol–water partition coefficient (Wildman–Crippen LogP) is 1.23. The second kappa shape index (κ2) is 4.56. The van der Waals surface area contributed by atoms with Crippen LogP contribution in [-0.4, -0.2) is 18.7 Å². The van der Waals surface area contributed by atoms with Crippen LogP contribution < -0.4 is 5.32 Å². The molecule has 0 radical (unpaired) electrons. The molecule has 1 N–H and O–H groups in total. The van der Waals surface area contributed by atoms with Crippen molar-refractivity contribution < 1.29 is 9.59 Å². The number of amides is 1. The fraction of sp³-hybridized carbons (Fsp3) is 0.273. The van der Waals surface area contributed by atoms with Gasteiger partial charge in [0.15, 0.2) is 0 Å². The fourth-order valence-corrected chi connectivity index (χ4v) is 1.12. The number of aldehydes is 1. The maximum atomic E-state index is 11.4. The Morgan fingerprint density at radius 3 is 2.64 bits per heavy atom. The van der Waals surface area contributed by atoms with Gasteiger partial charge in [-0.15, -0.1) is 0 Å². The number of aryl methyl sites for hydroxylation is 2. The Balaban J connectivity index is 2.80. The van der Waals surface area contributed by atoms with Gasteiger partial charge in [0.25, 0.3) is 5.91 Å². The number of carbonyl (C=O) groups excluding carboxylic acids is 2. The predicted molar refractivity (Wildman–Crippen MR) is 54.3 cm³/mol. The van der Waals surface area contributed by atoms with Gasteiger partial charge in [0.05, 0.1) is 6.54 Å². The number of nitrogens with one attached hydrogen (secondary N) is 1. The van der Waals surface area contributed by atoms with Crippen molar-refractivity contribution in [3.8, 4) is 0 Å². The van der Waals surface area contributed by atoms with Gasteiger partial charge in [-0.3, -0.25) is 4.79 Å². The lowest BCUT2D eigenvalue weighted by molar-refractivity contribution is -0.107. The average molecular weight is 191 g/mol. The summed E-state index contributed by atoms with van der Waals surface area (Å²) in [6.45, 7) is 4.00. The van der Waals surface area contributed by atoms with E-state index >= 15 is 0 Å². The summed E-state index contributed by atoms with van der Waals surface area (Å²) in [7, 11) is 0. The van der Waals surface area contributed by atoms with Crippen molar-refractivity contribution in [3.05, 3.63) is 34.9 Å². The van der Waals surface area contributed by atoms with Crippen molar-refractivity contribution in [2.24, 2.45) is 0 Å². The zero-order chi connectivity index (χ0) is 10.6. The van der Waals surface area contributed by atoms with E-state index in [4.69, 9.17) is 0 Å². The third kappa shape index (κ3) is 2.42. The highest BCUT2D eigenvalue weighted by Gasteiger charge is 2.04. The molecule has 1 aromatic carbocycles. The average Bonchev–Trinajstić information content (AvgIpc) is 2.18. The number of rotatable bonds is 3. The van der Waals surface area contributed by atoms with Crippen LogP contribution in [0.1, 0.15) is 21.5 Å². The molecule has 1 aromatic rings. The monoisotopic (exact) mass is 191 g/mol. The molecule has 0 saturated heterocycles. The molecule has 0 fully saturated rings. The van der Waals surface area contributed by atoms with Gasteiger partial charge in [-0.05, 0) is 37.1 Å². The molecule has 0 aromatic heterocycles. The molecule has 3 nitrogen and oxygen atoms in total. The van der Waals surface area contributed by atoms with Gasteiger partial charge in [0.1, 0.15) is 6.29 Å². The molecular formula is C11H13NO2. The van der Waals surface area contributed by atoms with Gasteiger partial charge in [-0.1, -0.05) is 6.07 Å². The second-order valence-electron chi connectivity index (χ2n) is 3.18. The molecule has 0 aliphatic heterocycles. The molecule has 14 heavy (non-hydrogen) atoms. The van der Waals surface area contributed by atoms with E-state index in [0.29, 0.717) is 11.8 Å². The summed E-state index contributed by atoms with van der Waals surface area (Å²) in [6, 6.07) is 5.46. The molecular weight excluding hydrogens is 178 g/mol. The van der Waals surface area contributed by atoms with Crippen LogP contribution in [0.2, 0.25) is 0 Å². The van der Waals surface area contributed by atoms with Crippen LogP contribution in [0.5, 0.6) is 0 Å². The quantitative estimate of drug-likeness (QED) is 0.730. The SMILES string of the molecule is Cc1ccc(C(=O)NCC=O)cc1C. The number of benzene rings is 1. The molecule has 1 rings (SSSR count). The Labute approximate surface area is 83.1 Å². The molecule has 0 atom stereocenters. The van der Waals surface area contributed by atoms with E-state index < -0.39 is 0 Å². The van der Waals surface area contributed by atoms with E-state index in [0.717, 1.165) is 11.1 Å². The lowest BCUT2D eigenvalue weighted by Crippen LogP contribution is -2.25. The van der Waals surface area contributed by atoms with Gasteiger partial charge in [0, 0.05) is 5.56 Å². The largest absolute Gasteiger partial charge is 0.345 e. The first-order chi connectivity index (χ1) is 6.65. The van der Waals surface area contributed by atoms with Gasteiger partial charge in [-0.2, -0.15) is 0 Å². The first kappa shape index (κ1) is 10.4. The van der Waals surface area contributed by atoms with Crippen molar-refractivity contribution in [1.82, 2.24) is 5.32 Å². The highest BCUT2D eigenvalue weighted by Crippen LogP contribution is 2.09. The molecule has 0 aliphatic carbocycles.